The van der Waals surface area contributed by atoms with Crippen LogP contribution in [0.1, 0.15) is 30.9 Å². The van der Waals surface area contributed by atoms with E-state index in [-0.39, 0.29) is 29.9 Å². The number of hydrogen-bond acceptors (Lipinski definition) is 6. The van der Waals surface area contributed by atoms with Gasteiger partial charge < -0.3 is 14.8 Å². The molecule has 1 saturated carbocycles. The number of carbonyl (C=O) groups excluding carboxylic acids is 2. The first-order chi connectivity index (χ1) is 15.5. The average molecular weight is 450 g/mol. The molecule has 0 spiro atoms. The maximum atomic E-state index is 13.4. The summed E-state index contributed by atoms with van der Waals surface area (Å²) in [5.74, 6) is 1.05. The molecule has 3 aliphatic rings. The number of rotatable bonds is 5. The molecule has 7 nitrogen and oxygen atoms in total. The minimum Gasteiger partial charge on any atom is -0.454 e. The quantitative estimate of drug-likeness (QED) is 0.701. The fraction of sp³-hybridized carbons (Fsp3) is 0.292. The van der Waals surface area contributed by atoms with E-state index in [1.165, 1.54) is 11.8 Å². The second-order valence-electron chi connectivity index (χ2n) is 8.06. The number of aliphatic imine (C=N–C) groups is 1. The summed E-state index contributed by atoms with van der Waals surface area (Å²) >= 11 is 1.29. The molecular formula is C24H23N3O4S. The summed E-state index contributed by atoms with van der Waals surface area (Å²) in [5.41, 5.74) is 2.91. The Morgan fingerprint density at radius 2 is 1.94 bits per heavy atom. The summed E-state index contributed by atoms with van der Waals surface area (Å²) in [4.78, 5) is 32.0. The Morgan fingerprint density at radius 1 is 1.19 bits per heavy atom. The minimum absolute atomic E-state index is 0.0373. The van der Waals surface area contributed by atoms with E-state index in [1.807, 2.05) is 56.3 Å². The van der Waals surface area contributed by atoms with Crippen LogP contribution in [0.15, 0.2) is 53.2 Å². The molecule has 8 heteroatoms. The largest absolute Gasteiger partial charge is 0.454 e. The minimum atomic E-state index is -0.375. The predicted molar refractivity (Wildman–Crippen MR) is 125 cm³/mol. The summed E-state index contributed by atoms with van der Waals surface area (Å²) in [6.07, 6.45) is 3.79. The van der Waals surface area contributed by atoms with Crippen LogP contribution >= 0.6 is 11.8 Å². The van der Waals surface area contributed by atoms with Gasteiger partial charge in [0, 0.05) is 6.04 Å². The summed E-state index contributed by atoms with van der Waals surface area (Å²) in [7, 11) is 0. The highest BCUT2D eigenvalue weighted by Gasteiger charge is 2.35. The van der Waals surface area contributed by atoms with Crippen LogP contribution in [0.3, 0.4) is 0 Å². The highest BCUT2D eigenvalue weighted by atomic mass is 32.2. The Labute approximate surface area is 190 Å². The summed E-state index contributed by atoms with van der Waals surface area (Å²) in [6, 6.07) is 13.5. The zero-order chi connectivity index (χ0) is 22.2. The number of nitrogens with zero attached hydrogens (tertiary/aromatic N) is 2. The van der Waals surface area contributed by atoms with Gasteiger partial charge in [-0.2, -0.15) is 0 Å². The Balaban J connectivity index is 1.45. The SMILES string of the molecule is Cc1ccc(N2C(=O)/C(=C/c3ccc4c(c3)OCO4)N=C2SC(C)C(=O)NC2CC2)cc1. The van der Waals surface area contributed by atoms with E-state index in [0.29, 0.717) is 22.4 Å². The van der Waals surface area contributed by atoms with E-state index in [4.69, 9.17) is 9.47 Å². The molecule has 32 heavy (non-hydrogen) atoms. The number of anilines is 1. The number of hydrogen-bond donors (Lipinski definition) is 1. The van der Waals surface area contributed by atoms with Crippen LogP contribution in [0.25, 0.3) is 6.08 Å². The van der Waals surface area contributed by atoms with Crippen molar-refractivity contribution in [3.8, 4) is 11.5 Å². The third-order valence-corrected chi connectivity index (χ3v) is 6.45. The number of amides is 2. The van der Waals surface area contributed by atoms with Crippen LogP contribution in [0.2, 0.25) is 0 Å². The van der Waals surface area contributed by atoms with Crippen molar-refractivity contribution in [2.45, 2.75) is 38.0 Å². The van der Waals surface area contributed by atoms with Crippen molar-refractivity contribution in [3.63, 3.8) is 0 Å². The lowest BCUT2D eigenvalue weighted by atomic mass is 10.1. The molecule has 0 aromatic heterocycles. The molecule has 1 fully saturated rings. The second kappa shape index (κ2) is 8.35. The van der Waals surface area contributed by atoms with E-state index in [1.54, 1.807) is 11.0 Å². The topological polar surface area (TPSA) is 80.2 Å². The molecule has 2 amide bonds. The van der Waals surface area contributed by atoms with Gasteiger partial charge in [0.05, 0.1) is 10.9 Å². The predicted octanol–water partition coefficient (Wildman–Crippen LogP) is 3.87. The first kappa shape index (κ1) is 20.6. The first-order valence-electron chi connectivity index (χ1n) is 10.6. The molecule has 1 aliphatic carbocycles. The average Bonchev–Trinajstić information content (AvgIpc) is 3.38. The Hall–Kier alpha value is -3.26. The fourth-order valence-corrected chi connectivity index (χ4v) is 4.35. The zero-order valence-corrected chi connectivity index (χ0v) is 18.6. The molecule has 2 aromatic rings. The monoisotopic (exact) mass is 449 g/mol. The van der Waals surface area contributed by atoms with Gasteiger partial charge in [0.1, 0.15) is 5.70 Å². The van der Waals surface area contributed by atoms with E-state index in [2.05, 4.69) is 10.3 Å². The molecule has 0 radical (unpaired) electrons. The van der Waals surface area contributed by atoms with Gasteiger partial charge in [0.2, 0.25) is 12.7 Å². The third kappa shape index (κ3) is 4.23. The second-order valence-corrected chi connectivity index (χ2v) is 9.36. The van der Waals surface area contributed by atoms with Crippen LogP contribution in [0, 0.1) is 6.92 Å². The Bertz CT molecular complexity index is 1140. The number of benzene rings is 2. The fourth-order valence-electron chi connectivity index (χ4n) is 3.42. The number of ether oxygens (including phenoxy) is 2. The molecule has 1 unspecified atom stereocenters. The van der Waals surface area contributed by atoms with Crippen molar-refractivity contribution >= 4 is 40.5 Å². The maximum Gasteiger partial charge on any atom is 0.283 e. The van der Waals surface area contributed by atoms with Crippen molar-refractivity contribution in [1.29, 1.82) is 0 Å². The van der Waals surface area contributed by atoms with Crippen molar-refractivity contribution in [1.82, 2.24) is 5.32 Å². The van der Waals surface area contributed by atoms with Gasteiger partial charge in [-0.3, -0.25) is 14.5 Å². The van der Waals surface area contributed by atoms with Gasteiger partial charge in [0.15, 0.2) is 16.7 Å². The Kier molecular flexibility index (Phi) is 5.38. The number of carbonyl (C=O) groups is 2. The van der Waals surface area contributed by atoms with Crippen LogP contribution in [-0.4, -0.2) is 35.1 Å². The van der Waals surface area contributed by atoms with Gasteiger partial charge >= 0.3 is 0 Å². The summed E-state index contributed by atoms with van der Waals surface area (Å²) < 4.78 is 10.8. The molecule has 0 saturated heterocycles. The third-order valence-electron chi connectivity index (χ3n) is 5.40. The molecule has 2 aromatic carbocycles. The van der Waals surface area contributed by atoms with Crippen molar-refractivity contribution in [3.05, 3.63) is 59.3 Å². The van der Waals surface area contributed by atoms with Gasteiger partial charge in [-0.1, -0.05) is 35.5 Å². The van der Waals surface area contributed by atoms with Crippen LogP contribution in [0.4, 0.5) is 5.69 Å². The lowest BCUT2D eigenvalue weighted by Crippen LogP contribution is -2.36. The molecular weight excluding hydrogens is 426 g/mol. The van der Waals surface area contributed by atoms with E-state index in [9.17, 15) is 9.59 Å². The van der Waals surface area contributed by atoms with Crippen LogP contribution in [-0.2, 0) is 9.59 Å². The molecule has 5 rings (SSSR count). The molecule has 0 bridgehead atoms. The van der Waals surface area contributed by atoms with Crippen molar-refractivity contribution < 1.29 is 19.1 Å². The highest BCUT2D eigenvalue weighted by Crippen LogP contribution is 2.35. The van der Waals surface area contributed by atoms with E-state index in [0.717, 1.165) is 29.7 Å². The summed E-state index contributed by atoms with van der Waals surface area (Å²) in [5, 5.41) is 3.13. The van der Waals surface area contributed by atoms with Gasteiger partial charge in [-0.05, 0) is 62.6 Å². The lowest BCUT2D eigenvalue weighted by Gasteiger charge is -2.20. The van der Waals surface area contributed by atoms with Gasteiger partial charge in [0.25, 0.3) is 5.91 Å². The normalized spacial score (nSPS) is 19.3. The number of aryl methyl sites for hydroxylation is 1. The number of fused-ring (bicyclic) bond motifs is 1. The molecule has 164 valence electrons. The Morgan fingerprint density at radius 3 is 2.69 bits per heavy atom. The molecule has 2 aliphatic heterocycles. The van der Waals surface area contributed by atoms with E-state index < -0.39 is 0 Å². The van der Waals surface area contributed by atoms with E-state index >= 15 is 0 Å². The van der Waals surface area contributed by atoms with Crippen LogP contribution < -0.4 is 19.7 Å². The molecule has 2 heterocycles. The van der Waals surface area contributed by atoms with Gasteiger partial charge in [-0.15, -0.1) is 0 Å². The molecule has 1 N–H and O–H groups in total. The van der Waals surface area contributed by atoms with Crippen molar-refractivity contribution in [2.75, 3.05) is 11.7 Å². The number of thioether (sulfide) groups is 1. The number of nitrogens with one attached hydrogen (secondary N) is 1. The maximum absolute atomic E-state index is 13.4. The smallest absolute Gasteiger partial charge is 0.283 e. The summed E-state index contributed by atoms with van der Waals surface area (Å²) in [6.45, 7) is 4.02. The van der Waals surface area contributed by atoms with Crippen molar-refractivity contribution in [2.24, 2.45) is 4.99 Å². The lowest BCUT2D eigenvalue weighted by molar-refractivity contribution is -0.120. The highest BCUT2D eigenvalue weighted by molar-refractivity contribution is 8.15. The van der Waals surface area contributed by atoms with Crippen LogP contribution in [0.5, 0.6) is 11.5 Å². The zero-order valence-electron chi connectivity index (χ0n) is 17.8. The number of amidine groups is 1. The standard InChI is InChI=1S/C24H23N3O4S/c1-14-3-8-18(9-4-14)27-23(29)19(11-16-5-10-20-21(12-16)31-13-30-20)26-24(27)32-15(2)22(28)25-17-6-7-17/h3-5,8-12,15,17H,6-7,13H2,1-2H3,(H,25,28)/b19-11-. The van der Waals surface area contributed by atoms with Gasteiger partial charge in [-0.25, -0.2) is 4.99 Å². The first-order valence-corrected chi connectivity index (χ1v) is 11.4. The molecule has 1 atom stereocenters.